The predicted molar refractivity (Wildman–Crippen MR) is 87.0 cm³/mol. The van der Waals surface area contributed by atoms with Crippen LogP contribution in [0.5, 0.6) is 0 Å². The summed E-state index contributed by atoms with van der Waals surface area (Å²) < 4.78 is 0.832. The molecule has 0 N–H and O–H groups in total. The van der Waals surface area contributed by atoms with Gasteiger partial charge in [0.05, 0.1) is 5.56 Å². The van der Waals surface area contributed by atoms with Crippen LogP contribution in [0.25, 0.3) is 0 Å². The lowest BCUT2D eigenvalue weighted by molar-refractivity contribution is 0.0733. The van der Waals surface area contributed by atoms with Gasteiger partial charge in [0.15, 0.2) is 0 Å². The number of carbonyl (C=O) groups excluding carboxylic acids is 1. The molecule has 0 aliphatic rings. The Kier molecular flexibility index (Phi) is 6.94. The summed E-state index contributed by atoms with van der Waals surface area (Å²) in [6.07, 6.45) is 2.21. The van der Waals surface area contributed by atoms with Crippen LogP contribution in [-0.2, 0) is 0 Å². The molecule has 1 aromatic rings. The van der Waals surface area contributed by atoms with Gasteiger partial charge in [-0.1, -0.05) is 26.7 Å². The van der Waals surface area contributed by atoms with E-state index in [1.807, 2.05) is 30.0 Å². The van der Waals surface area contributed by atoms with Crippen molar-refractivity contribution in [3.63, 3.8) is 0 Å². The highest BCUT2D eigenvalue weighted by Crippen LogP contribution is 2.22. The molecule has 0 atom stereocenters. The van der Waals surface area contributed by atoms with Gasteiger partial charge in [0.25, 0.3) is 5.91 Å². The Morgan fingerprint density at radius 2 is 1.95 bits per heavy atom. The molecule has 1 amide bonds. The summed E-state index contributed by atoms with van der Waals surface area (Å²) in [4.78, 5) is 15.3. The third-order valence-corrected chi connectivity index (χ3v) is 4.45. The fraction of sp³-hybridized carbons (Fsp3) is 0.533. The van der Waals surface area contributed by atoms with Gasteiger partial charge in [0, 0.05) is 22.5 Å². The van der Waals surface area contributed by atoms with Crippen LogP contribution in [-0.4, -0.2) is 23.9 Å². The van der Waals surface area contributed by atoms with Crippen LogP contribution in [0.3, 0.4) is 0 Å². The van der Waals surface area contributed by atoms with Gasteiger partial charge in [-0.2, -0.15) is 0 Å². The van der Waals surface area contributed by atoms with Crippen LogP contribution in [0.4, 0.5) is 0 Å². The average Bonchev–Trinajstić information content (AvgIpc) is 2.42. The Balaban J connectivity index is 2.92. The van der Waals surface area contributed by atoms with Gasteiger partial charge in [0.1, 0.15) is 0 Å². The lowest BCUT2D eigenvalue weighted by Gasteiger charge is -2.26. The second-order valence-corrected chi connectivity index (χ2v) is 6.06. The van der Waals surface area contributed by atoms with E-state index in [1.165, 1.54) is 0 Å². The molecule has 1 aromatic carbocycles. The SMILES string of the molecule is CCC(CC)CN(CC)C(=O)c1cc(S)ccc1Br. The molecule has 0 radical (unpaired) electrons. The van der Waals surface area contributed by atoms with E-state index in [9.17, 15) is 4.79 Å². The normalized spacial score (nSPS) is 10.8. The van der Waals surface area contributed by atoms with Crippen LogP contribution in [0.2, 0.25) is 0 Å². The van der Waals surface area contributed by atoms with Gasteiger partial charge in [-0.15, -0.1) is 12.6 Å². The van der Waals surface area contributed by atoms with Crippen LogP contribution >= 0.6 is 28.6 Å². The maximum Gasteiger partial charge on any atom is 0.255 e. The molecule has 19 heavy (non-hydrogen) atoms. The van der Waals surface area contributed by atoms with E-state index in [-0.39, 0.29) is 5.91 Å². The highest BCUT2D eigenvalue weighted by atomic mass is 79.9. The number of hydrogen-bond donors (Lipinski definition) is 1. The third-order valence-electron chi connectivity index (χ3n) is 3.48. The monoisotopic (exact) mass is 343 g/mol. The molecule has 4 heteroatoms. The zero-order valence-corrected chi connectivity index (χ0v) is 14.3. The van der Waals surface area contributed by atoms with Gasteiger partial charge in [-0.25, -0.2) is 0 Å². The van der Waals surface area contributed by atoms with E-state index in [0.29, 0.717) is 11.5 Å². The van der Waals surface area contributed by atoms with Crippen molar-refractivity contribution in [2.45, 2.75) is 38.5 Å². The molecular weight excluding hydrogens is 322 g/mol. The van der Waals surface area contributed by atoms with Crippen molar-refractivity contribution < 1.29 is 4.79 Å². The highest BCUT2D eigenvalue weighted by Gasteiger charge is 2.19. The summed E-state index contributed by atoms with van der Waals surface area (Å²) in [5.74, 6) is 0.652. The number of rotatable bonds is 6. The van der Waals surface area contributed by atoms with E-state index in [2.05, 4.69) is 42.4 Å². The molecule has 0 heterocycles. The number of nitrogens with zero attached hydrogens (tertiary/aromatic N) is 1. The van der Waals surface area contributed by atoms with Crippen molar-refractivity contribution in [3.05, 3.63) is 28.2 Å². The van der Waals surface area contributed by atoms with Crippen LogP contribution in [0.1, 0.15) is 44.0 Å². The zero-order valence-electron chi connectivity index (χ0n) is 11.8. The second kappa shape index (κ2) is 7.95. The summed E-state index contributed by atoms with van der Waals surface area (Å²) in [6, 6.07) is 5.58. The zero-order chi connectivity index (χ0) is 14.4. The summed E-state index contributed by atoms with van der Waals surface area (Å²) in [7, 11) is 0. The number of amides is 1. The van der Waals surface area contributed by atoms with Crippen LogP contribution < -0.4 is 0 Å². The Hall–Kier alpha value is -0.480. The standard InChI is InChI=1S/C15H22BrNOS/c1-4-11(5-2)10-17(6-3)15(18)13-9-12(19)7-8-14(13)16/h7-9,11,19H,4-6,10H2,1-3H3. The fourth-order valence-electron chi connectivity index (χ4n) is 2.06. The lowest BCUT2D eigenvalue weighted by atomic mass is 10.0. The number of thiol groups is 1. The summed E-state index contributed by atoms with van der Waals surface area (Å²) in [6.45, 7) is 7.94. The van der Waals surface area contributed by atoms with E-state index in [0.717, 1.165) is 35.3 Å². The first-order chi connectivity index (χ1) is 9.03. The molecule has 1 rings (SSSR count). The maximum atomic E-state index is 12.6. The van der Waals surface area contributed by atoms with E-state index < -0.39 is 0 Å². The Morgan fingerprint density at radius 1 is 1.32 bits per heavy atom. The molecular formula is C15H22BrNOS. The van der Waals surface area contributed by atoms with E-state index in [4.69, 9.17) is 0 Å². The topological polar surface area (TPSA) is 20.3 Å². The Labute approximate surface area is 130 Å². The first-order valence-corrected chi connectivity index (χ1v) is 8.05. The van der Waals surface area contributed by atoms with Gasteiger partial charge in [0.2, 0.25) is 0 Å². The molecule has 0 unspecified atom stereocenters. The molecule has 0 aliphatic heterocycles. The lowest BCUT2D eigenvalue weighted by Crippen LogP contribution is -2.35. The minimum absolute atomic E-state index is 0.0807. The van der Waals surface area contributed by atoms with Crippen molar-refractivity contribution in [3.8, 4) is 0 Å². The number of hydrogen-bond acceptors (Lipinski definition) is 2. The van der Waals surface area contributed by atoms with Gasteiger partial charge >= 0.3 is 0 Å². The number of carbonyl (C=O) groups is 1. The molecule has 0 aliphatic carbocycles. The number of benzene rings is 1. The predicted octanol–water partition coefficient (Wildman–Crippen LogP) is 4.64. The highest BCUT2D eigenvalue weighted by molar-refractivity contribution is 9.10. The average molecular weight is 344 g/mol. The fourth-order valence-corrected chi connectivity index (χ4v) is 2.68. The third kappa shape index (κ3) is 4.53. The van der Waals surface area contributed by atoms with E-state index >= 15 is 0 Å². The first-order valence-electron chi connectivity index (χ1n) is 6.81. The van der Waals surface area contributed by atoms with Gasteiger partial charge in [-0.05, 0) is 47.0 Å². The molecule has 106 valence electrons. The molecule has 2 nitrogen and oxygen atoms in total. The summed E-state index contributed by atoms with van der Waals surface area (Å²) >= 11 is 7.76. The molecule has 0 spiro atoms. The first kappa shape index (κ1) is 16.6. The summed E-state index contributed by atoms with van der Waals surface area (Å²) in [5, 5.41) is 0. The van der Waals surface area contributed by atoms with Gasteiger partial charge < -0.3 is 4.90 Å². The van der Waals surface area contributed by atoms with Gasteiger partial charge in [-0.3, -0.25) is 4.79 Å². The van der Waals surface area contributed by atoms with Crippen molar-refractivity contribution >= 4 is 34.5 Å². The summed E-state index contributed by atoms with van der Waals surface area (Å²) in [5.41, 5.74) is 0.695. The Morgan fingerprint density at radius 3 is 2.47 bits per heavy atom. The minimum atomic E-state index is 0.0807. The van der Waals surface area contributed by atoms with Crippen LogP contribution in [0, 0.1) is 5.92 Å². The molecule has 0 saturated carbocycles. The quantitative estimate of drug-likeness (QED) is 0.746. The largest absolute Gasteiger partial charge is 0.339 e. The van der Waals surface area contributed by atoms with E-state index in [1.54, 1.807) is 0 Å². The van der Waals surface area contributed by atoms with Crippen LogP contribution in [0.15, 0.2) is 27.6 Å². The Bertz CT molecular complexity index is 432. The molecule has 0 aromatic heterocycles. The van der Waals surface area contributed by atoms with Crippen molar-refractivity contribution in [1.82, 2.24) is 4.90 Å². The van der Waals surface area contributed by atoms with Crippen molar-refractivity contribution in [2.75, 3.05) is 13.1 Å². The molecule has 0 bridgehead atoms. The number of halogens is 1. The molecule has 0 saturated heterocycles. The van der Waals surface area contributed by atoms with Crippen molar-refractivity contribution in [1.29, 1.82) is 0 Å². The molecule has 0 fully saturated rings. The van der Waals surface area contributed by atoms with Crippen molar-refractivity contribution in [2.24, 2.45) is 5.92 Å². The maximum absolute atomic E-state index is 12.6. The second-order valence-electron chi connectivity index (χ2n) is 4.69. The minimum Gasteiger partial charge on any atom is -0.339 e. The smallest absolute Gasteiger partial charge is 0.255 e.